The van der Waals surface area contributed by atoms with E-state index in [0.29, 0.717) is 0 Å². The van der Waals surface area contributed by atoms with Crippen LogP contribution in [0.4, 0.5) is 0 Å². The quantitative estimate of drug-likeness (QED) is 0.835. The second kappa shape index (κ2) is 6.71. The molecule has 2 aromatic carbocycles. The van der Waals surface area contributed by atoms with Gasteiger partial charge in [0, 0.05) is 6.21 Å². The van der Waals surface area contributed by atoms with E-state index < -0.39 is 0 Å². The van der Waals surface area contributed by atoms with Crippen LogP contribution in [-0.4, -0.2) is 25.0 Å². The Labute approximate surface area is 113 Å². The van der Waals surface area contributed by atoms with Crippen molar-refractivity contribution >= 4 is 6.21 Å². The lowest BCUT2D eigenvalue weighted by atomic mass is 10.1. The van der Waals surface area contributed by atoms with Gasteiger partial charge in [0.15, 0.2) is 0 Å². The van der Waals surface area contributed by atoms with Crippen LogP contribution in [-0.2, 0) is 0 Å². The van der Waals surface area contributed by atoms with Crippen LogP contribution in [0.1, 0.15) is 17.2 Å². The van der Waals surface area contributed by atoms with E-state index in [1.807, 2.05) is 54.6 Å². The van der Waals surface area contributed by atoms with E-state index >= 15 is 0 Å². The highest BCUT2D eigenvalue weighted by Gasteiger charge is 2.06. The largest absolute Gasteiger partial charge is 0.497 e. The van der Waals surface area contributed by atoms with Gasteiger partial charge in [-0.1, -0.05) is 30.3 Å². The molecule has 0 unspecified atom stereocenters. The van der Waals surface area contributed by atoms with Crippen molar-refractivity contribution in [3.8, 4) is 5.75 Å². The molecule has 3 nitrogen and oxygen atoms in total. The molecule has 1 N–H and O–H groups in total. The van der Waals surface area contributed by atoms with E-state index in [-0.39, 0.29) is 12.6 Å². The lowest BCUT2D eigenvalue weighted by Gasteiger charge is -2.09. The van der Waals surface area contributed by atoms with Crippen molar-refractivity contribution < 1.29 is 9.84 Å². The molecular weight excluding hydrogens is 238 g/mol. The summed E-state index contributed by atoms with van der Waals surface area (Å²) in [6, 6.07) is 17.2. The van der Waals surface area contributed by atoms with Crippen LogP contribution < -0.4 is 4.74 Å². The monoisotopic (exact) mass is 255 g/mol. The van der Waals surface area contributed by atoms with E-state index in [0.717, 1.165) is 16.9 Å². The average Bonchev–Trinajstić information content (AvgIpc) is 2.49. The second-order valence-corrected chi connectivity index (χ2v) is 4.16. The Morgan fingerprint density at radius 3 is 2.37 bits per heavy atom. The summed E-state index contributed by atoms with van der Waals surface area (Å²) in [6.07, 6.45) is 1.77. The highest BCUT2D eigenvalue weighted by atomic mass is 16.5. The number of ether oxygens (including phenoxy) is 1. The minimum absolute atomic E-state index is 0.00331. The fourth-order valence-electron chi connectivity index (χ4n) is 1.78. The van der Waals surface area contributed by atoms with Crippen LogP contribution in [0.5, 0.6) is 5.75 Å². The van der Waals surface area contributed by atoms with Crippen molar-refractivity contribution in [1.29, 1.82) is 0 Å². The lowest BCUT2D eigenvalue weighted by Crippen LogP contribution is -2.01. The van der Waals surface area contributed by atoms with Crippen LogP contribution >= 0.6 is 0 Å². The number of hydrogen-bond donors (Lipinski definition) is 1. The van der Waals surface area contributed by atoms with Crippen LogP contribution in [0, 0.1) is 0 Å². The van der Waals surface area contributed by atoms with Gasteiger partial charge >= 0.3 is 0 Å². The van der Waals surface area contributed by atoms with Gasteiger partial charge in [0.1, 0.15) is 5.75 Å². The fourth-order valence-corrected chi connectivity index (χ4v) is 1.78. The minimum atomic E-state index is -0.219. The van der Waals surface area contributed by atoms with E-state index in [4.69, 9.17) is 4.74 Å². The summed E-state index contributed by atoms with van der Waals surface area (Å²) in [6.45, 7) is -0.00331. The molecule has 2 aromatic rings. The van der Waals surface area contributed by atoms with Gasteiger partial charge in [0.2, 0.25) is 0 Å². The summed E-state index contributed by atoms with van der Waals surface area (Å²) in [4.78, 5) is 4.42. The van der Waals surface area contributed by atoms with Gasteiger partial charge in [-0.15, -0.1) is 0 Å². The van der Waals surface area contributed by atoms with E-state index in [1.54, 1.807) is 13.3 Å². The highest BCUT2D eigenvalue weighted by Crippen LogP contribution is 2.16. The number of aliphatic hydroxyl groups excluding tert-OH is 1. The summed E-state index contributed by atoms with van der Waals surface area (Å²) >= 11 is 0. The number of rotatable bonds is 5. The van der Waals surface area contributed by atoms with Gasteiger partial charge in [0.25, 0.3) is 0 Å². The molecule has 0 bridgehead atoms. The van der Waals surface area contributed by atoms with Gasteiger partial charge in [-0.3, -0.25) is 4.99 Å². The van der Waals surface area contributed by atoms with E-state index in [9.17, 15) is 5.11 Å². The maximum atomic E-state index is 9.41. The molecule has 0 amide bonds. The van der Waals surface area contributed by atoms with Gasteiger partial charge in [0.05, 0.1) is 19.8 Å². The maximum Gasteiger partial charge on any atom is 0.118 e. The summed E-state index contributed by atoms with van der Waals surface area (Å²) in [5.41, 5.74) is 1.99. The van der Waals surface area contributed by atoms with E-state index in [1.165, 1.54) is 0 Å². The molecule has 0 saturated heterocycles. The Balaban J connectivity index is 2.11. The maximum absolute atomic E-state index is 9.41. The molecule has 0 heterocycles. The van der Waals surface area contributed by atoms with Crippen molar-refractivity contribution in [2.45, 2.75) is 6.04 Å². The van der Waals surface area contributed by atoms with Gasteiger partial charge in [-0.05, 0) is 35.4 Å². The molecule has 0 saturated carbocycles. The Kier molecular flexibility index (Phi) is 4.70. The molecular formula is C16H17NO2. The number of aliphatic hydroxyl groups is 1. The first-order valence-corrected chi connectivity index (χ1v) is 6.16. The lowest BCUT2D eigenvalue weighted by molar-refractivity contribution is 0.269. The number of benzene rings is 2. The molecule has 0 fully saturated rings. The first kappa shape index (κ1) is 13.3. The second-order valence-electron chi connectivity index (χ2n) is 4.16. The number of nitrogens with zero attached hydrogens (tertiary/aromatic N) is 1. The zero-order valence-electron chi connectivity index (χ0n) is 10.9. The summed E-state index contributed by atoms with van der Waals surface area (Å²) in [5, 5.41) is 9.41. The molecule has 0 aliphatic rings. The Morgan fingerprint density at radius 2 is 1.79 bits per heavy atom. The molecule has 19 heavy (non-hydrogen) atoms. The Hall–Kier alpha value is -2.13. The molecule has 0 aliphatic heterocycles. The smallest absolute Gasteiger partial charge is 0.118 e. The SMILES string of the molecule is COc1ccc(C=N[C@@H](CO)c2ccccc2)cc1. The van der Waals surface area contributed by atoms with Crippen molar-refractivity contribution in [3.63, 3.8) is 0 Å². The predicted molar refractivity (Wildman–Crippen MR) is 76.9 cm³/mol. The van der Waals surface area contributed by atoms with Crippen LogP contribution in [0.25, 0.3) is 0 Å². The van der Waals surface area contributed by atoms with Gasteiger partial charge in [-0.2, -0.15) is 0 Å². The van der Waals surface area contributed by atoms with Crippen molar-refractivity contribution in [1.82, 2.24) is 0 Å². The summed E-state index contributed by atoms with van der Waals surface area (Å²) < 4.78 is 5.10. The fraction of sp³-hybridized carbons (Fsp3) is 0.188. The van der Waals surface area contributed by atoms with Crippen molar-refractivity contribution in [2.75, 3.05) is 13.7 Å². The van der Waals surface area contributed by atoms with Crippen LogP contribution in [0.3, 0.4) is 0 Å². The standard InChI is InChI=1S/C16H17NO2/c1-19-15-9-7-13(8-10-15)11-17-16(12-18)14-5-3-2-4-6-14/h2-11,16,18H,12H2,1H3/t16-/m0/s1. The Bertz CT molecular complexity index is 520. The van der Waals surface area contributed by atoms with Crippen LogP contribution in [0.15, 0.2) is 59.6 Å². The normalized spacial score (nSPS) is 12.5. The molecule has 1 atom stereocenters. The molecule has 0 aromatic heterocycles. The van der Waals surface area contributed by atoms with Crippen molar-refractivity contribution in [3.05, 3.63) is 65.7 Å². The molecule has 0 radical (unpaired) electrons. The third-order valence-electron chi connectivity index (χ3n) is 2.88. The Morgan fingerprint density at radius 1 is 1.11 bits per heavy atom. The molecule has 2 rings (SSSR count). The zero-order valence-corrected chi connectivity index (χ0v) is 10.9. The van der Waals surface area contributed by atoms with Crippen molar-refractivity contribution in [2.24, 2.45) is 4.99 Å². The number of aliphatic imine (C=N–C) groups is 1. The third kappa shape index (κ3) is 3.66. The first-order chi connectivity index (χ1) is 9.33. The number of methoxy groups -OCH3 is 1. The molecule has 0 aliphatic carbocycles. The summed E-state index contributed by atoms with van der Waals surface area (Å²) in [7, 11) is 1.64. The number of hydrogen-bond acceptors (Lipinski definition) is 3. The summed E-state index contributed by atoms with van der Waals surface area (Å²) in [5.74, 6) is 0.818. The highest BCUT2D eigenvalue weighted by molar-refractivity contribution is 5.80. The zero-order chi connectivity index (χ0) is 13.5. The average molecular weight is 255 g/mol. The van der Waals surface area contributed by atoms with E-state index in [2.05, 4.69) is 4.99 Å². The first-order valence-electron chi connectivity index (χ1n) is 6.16. The van der Waals surface area contributed by atoms with Gasteiger partial charge < -0.3 is 9.84 Å². The molecule has 3 heteroatoms. The third-order valence-corrected chi connectivity index (χ3v) is 2.88. The topological polar surface area (TPSA) is 41.8 Å². The molecule has 0 spiro atoms. The molecule has 98 valence electrons. The van der Waals surface area contributed by atoms with Gasteiger partial charge in [-0.25, -0.2) is 0 Å². The predicted octanol–water partition coefficient (Wildman–Crippen LogP) is 2.85. The van der Waals surface area contributed by atoms with Crippen LogP contribution in [0.2, 0.25) is 0 Å². The minimum Gasteiger partial charge on any atom is -0.497 e.